The van der Waals surface area contributed by atoms with Crippen LogP contribution < -0.4 is 0 Å². The number of carbonyl (C=O) groups is 1. The standard InChI is InChI=1S/C18H17FN4O/c1-11-20-10-16(23(11)2)12-3-4-15-13(7-12)8-14(21-22-15)9-17(24)18(19)5-6-18/h3-4,7-8,10H,5-6,9H2,1-2H3. The molecule has 1 saturated carbocycles. The zero-order valence-electron chi connectivity index (χ0n) is 13.6. The van der Waals surface area contributed by atoms with Crippen LogP contribution in [0.3, 0.4) is 0 Å². The Hall–Kier alpha value is -2.63. The average Bonchev–Trinajstić information content (AvgIpc) is 3.24. The van der Waals surface area contributed by atoms with Crippen molar-refractivity contribution < 1.29 is 9.18 Å². The number of aryl methyl sites for hydroxylation is 1. The predicted molar refractivity (Wildman–Crippen MR) is 88.3 cm³/mol. The Morgan fingerprint density at radius 2 is 2.08 bits per heavy atom. The molecular weight excluding hydrogens is 307 g/mol. The van der Waals surface area contributed by atoms with Crippen LogP contribution in [0.15, 0.2) is 30.5 Å². The summed E-state index contributed by atoms with van der Waals surface area (Å²) in [5.74, 6) is 0.538. The maximum Gasteiger partial charge on any atom is 0.175 e. The van der Waals surface area contributed by atoms with Gasteiger partial charge in [0.25, 0.3) is 0 Å². The van der Waals surface area contributed by atoms with E-state index in [0.29, 0.717) is 18.5 Å². The van der Waals surface area contributed by atoms with Gasteiger partial charge in [-0.2, -0.15) is 10.2 Å². The van der Waals surface area contributed by atoms with Gasteiger partial charge in [-0.05, 0) is 38.0 Å². The first-order valence-electron chi connectivity index (χ1n) is 7.93. The van der Waals surface area contributed by atoms with E-state index in [-0.39, 0.29) is 6.42 Å². The van der Waals surface area contributed by atoms with Gasteiger partial charge in [-0.3, -0.25) is 4.79 Å². The molecule has 0 bridgehead atoms. The van der Waals surface area contributed by atoms with Gasteiger partial charge in [-0.1, -0.05) is 6.07 Å². The fraction of sp³-hybridized carbons (Fsp3) is 0.333. The van der Waals surface area contributed by atoms with E-state index in [9.17, 15) is 9.18 Å². The van der Waals surface area contributed by atoms with Crippen LogP contribution in [-0.2, 0) is 18.3 Å². The van der Waals surface area contributed by atoms with Gasteiger partial charge in [-0.15, -0.1) is 0 Å². The molecule has 3 aromatic rings. The molecule has 1 fully saturated rings. The second-order valence-electron chi connectivity index (χ2n) is 6.42. The maximum atomic E-state index is 13.8. The number of hydrogen-bond donors (Lipinski definition) is 0. The van der Waals surface area contributed by atoms with Crippen LogP contribution >= 0.6 is 0 Å². The van der Waals surface area contributed by atoms with Crippen molar-refractivity contribution in [3.05, 3.63) is 42.0 Å². The first-order chi connectivity index (χ1) is 11.5. The van der Waals surface area contributed by atoms with Gasteiger partial charge in [-0.25, -0.2) is 9.37 Å². The Morgan fingerprint density at radius 1 is 1.29 bits per heavy atom. The van der Waals surface area contributed by atoms with Crippen molar-refractivity contribution in [3.63, 3.8) is 0 Å². The number of ketones is 1. The summed E-state index contributed by atoms with van der Waals surface area (Å²) in [7, 11) is 1.97. The molecule has 2 aromatic heterocycles. The van der Waals surface area contributed by atoms with Gasteiger partial charge in [0.2, 0.25) is 0 Å². The Labute approximate surface area is 138 Å². The zero-order chi connectivity index (χ0) is 16.9. The van der Waals surface area contributed by atoms with Gasteiger partial charge >= 0.3 is 0 Å². The molecule has 24 heavy (non-hydrogen) atoms. The molecule has 122 valence electrons. The third kappa shape index (κ3) is 2.48. The predicted octanol–water partition coefficient (Wildman–Crippen LogP) is 2.95. The fourth-order valence-electron chi connectivity index (χ4n) is 2.82. The van der Waals surface area contributed by atoms with E-state index in [1.165, 1.54) is 0 Å². The molecule has 0 radical (unpaired) electrons. The van der Waals surface area contributed by atoms with E-state index in [2.05, 4.69) is 15.2 Å². The molecule has 6 heteroatoms. The van der Waals surface area contributed by atoms with Gasteiger partial charge in [0, 0.05) is 18.0 Å². The SMILES string of the molecule is Cc1ncc(-c2ccc3nnc(CC(=O)C4(F)CC4)cc3c2)n1C. The summed E-state index contributed by atoms with van der Waals surface area (Å²) in [6.45, 7) is 1.95. The summed E-state index contributed by atoms with van der Waals surface area (Å²) in [5, 5.41) is 9.09. The largest absolute Gasteiger partial charge is 0.331 e. The Balaban J connectivity index is 1.70. The molecule has 0 aliphatic heterocycles. The van der Waals surface area contributed by atoms with Gasteiger partial charge in [0.1, 0.15) is 5.82 Å². The Morgan fingerprint density at radius 3 is 2.75 bits per heavy atom. The zero-order valence-corrected chi connectivity index (χ0v) is 13.6. The smallest absolute Gasteiger partial charge is 0.175 e. The molecule has 2 heterocycles. The minimum atomic E-state index is -1.62. The molecule has 4 rings (SSSR count). The molecule has 5 nitrogen and oxygen atoms in total. The van der Waals surface area contributed by atoms with E-state index >= 15 is 0 Å². The van der Waals surface area contributed by atoms with E-state index in [0.717, 1.165) is 28.0 Å². The van der Waals surface area contributed by atoms with Crippen molar-refractivity contribution in [2.75, 3.05) is 0 Å². The second kappa shape index (κ2) is 5.19. The Kier molecular flexibility index (Phi) is 3.23. The van der Waals surface area contributed by atoms with Crippen molar-refractivity contribution in [3.8, 4) is 11.3 Å². The summed E-state index contributed by atoms with van der Waals surface area (Å²) in [5.41, 5.74) is 1.65. The quantitative estimate of drug-likeness (QED) is 0.740. The lowest BCUT2D eigenvalue weighted by molar-refractivity contribution is -0.124. The summed E-state index contributed by atoms with van der Waals surface area (Å²) in [6, 6.07) is 7.68. The van der Waals surface area contributed by atoms with Crippen LogP contribution in [0.5, 0.6) is 0 Å². The van der Waals surface area contributed by atoms with Crippen LogP contribution in [0.1, 0.15) is 24.4 Å². The lowest BCUT2D eigenvalue weighted by atomic mass is 10.1. The highest BCUT2D eigenvalue weighted by atomic mass is 19.1. The number of carbonyl (C=O) groups excluding carboxylic acids is 1. The third-order valence-corrected chi connectivity index (χ3v) is 4.68. The molecule has 1 aromatic carbocycles. The third-order valence-electron chi connectivity index (χ3n) is 4.68. The van der Waals surface area contributed by atoms with Crippen molar-refractivity contribution in [2.45, 2.75) is 31.9 Å². The number of nitrogens with zero attached hydrogens (tertiary/aromatic N) is 4. The van der Waals surface area contributed by atoms with E-state index < -0.39 is 11.5 Å². The van der Waals surface area contributed by atoms with Crippen molar-refractivity contribution in [2.24, 2.45) is 7.05 Å². The first-order valence-corrected chi connectivity index (χ1v) is 7.93. The highest BCUT2D eigenvalue weighted by Gasteiger charge is 2.50. The minimum absolute atomic E-state index is 0.00547. The molecule has 0 atom stereocenters. The van der Waals surface area contributed by atoms with Crippen molar-refractivity contribution in [1.29, 1.82) is 0 Å². The number of aromatic nitrogens is 4. The van der Waals surface area contributed by atoms with Gasteiger partial charge in [0.05, 0.1) is 29.5 Å². The Bertz CT molecular complexity index is 959. The van der Waals surface area contributed by atoms with Crippen molar-refractivity contribution >= 4 is 16.7 Å². The summed E-state index contributed by atoms with van der Waals surface area (Å²) in [6.07, 6.45) is 2.48. The topological polar surface area (TPSA) is 60.7 Å². The number of benzene rings is 1. The molecular formula is C18H17FN4O. The first kappa shape index (κ1) is 14.9. The molecule has 0 saturated heterocycles. The van der Waals surface area contributed by atoms with Crippen LogP contribution in [0.4, 0.5) is 4.39 Å². The van der Waals surface area contributed by atoms with Gasteiger partial charge in [0.15, 0.2) is 11.5 Å². The number of fused-ring (bicyclic) bond motifs is 1. The van der Waals surface area contributed by atoms with E-state index in [1.807, 2.05) is 49.0 Å². The summed E-state index contributed by atoms with van der Waals surface area (Å²) < 4.78 is 15.8. The van der Waals surface area contributed by atoms with E-state index in [4.69, 9.17) is 0 Å². The number of halogens is 1. The number of imidazole rings is 1. The highest BCUT2D eigenvalue weighted by molar-refractivity contribution is 5.92. The monoisotopic (exact) mass is 324 g/mol. The fourth-order valence-corrected chi connectivity index (χ4v) is 2.82. The lowest BCUT2D eigenvalue weighted by Crippen LogP contribution is -2.19. The molecule has 0 unspecified atom stereocenters. The molecule has 0 spiro atoms. The molecule has 1 aliphatic rings. The average molecular weight is 324 g/mol. The van der Waals surface area contributed by atoms with Crippen LogP contribution in [-0.4, -0.2) is 31.2 Å². The van der Waals surface area contributed by atoms with Crippen LogP contribution in [0.2, 0.25) is 0 Å². The van der Waals surface area contributed by atoms with Crippen LogP contribution in [0, 0.1) is 6.92 Å². The highest BCUT2D eigenvalue weighted by Crippen LogP contribution is 2.41. The molecule has 1 aliphatic carbocycles. The normalized spacial score (nSPS) is 15.6. The van der Waals surface area contributed by atoms with Crippen LogP contribution in [0.25, 0.3) is 22.2 Å². The van der Waals surface area contributed by atoms with Crippen molar-refractivity contribution in [1.82, 2.24) is 19.7 Å². The number of Topliss-reactive ketones (excluding diaryl/α,β-unsaturated/α-hetero) is 1. The summed E-state index contributed by atoms with van der Waals surface area (Å²) in [4.78, 5) is 16.2. The maximum absolute atomic E-state index is 13.8. The number of rotatable bonds is 4. The summed E-state index contributed by atoms with van der Waals surface area (Å²) >= 11 is 0. The van der Waals surface area contributed by atoms with Gasteiger partial charge < -0.3 is 4.57 Å². The second-order valence-corrected chi connectivity index (χ2v) is 6.42. The molecule has 0 N–H and O–H groups in total. The lowest BCUT2D eigenvalue weighted by Gasteiger charge is -2.07. The number of hydrogen-bond acceptors (Lipinski definition) is 4. The molecule has 0 amide bonds. The van der Waals surface area contributed by atoms with E-state index in [1.54, 1.807) is 0 Å². The minimum Gasteiger partial charge on any atom is -0.331 e. The number of alkyl halides is 1.